The van der Waals surface area contributed by atoms with E-state index in [1.54, 1.807) is 56.6 Å². The number of benzene rings is 2. The predicted molar refractivity (Wildman–Crippen MR) is 129 cm³/mol. The predicted octanol–water partition coefficient (Wildman–Crippen LogP) is 2.51. The smallest absolute Gasteiger partial charge is 0.296 e. The van der Waals surface area contributed by atoms with Crippen LogP contribution in [0.5, 0.6) is 5.75 Å². The first kappa shape index (κ1) is 23.5. The summed E-state index contributed by atoms with van der Waals surface area (Å²) in [5, 5.41) is 11.4. The first-order valence-electron chi connectivity index (χ1n) is 11.1. The molecule has 0 bridgehead atoms. The Bertz CT molecular complexity index is 1220. The van der Waals surface area contributed by atoms with Crippen LogP contribution in [0, 0.1) is 6.92 Å². The van der Waals surface area contributed by atoms with E-state index in [0.29, 0.717) is 35.5 Å². The third kappa shape index (κ3) is 3.28. The van der Waals surface area contributed by atoms with E-state index >= 15 is 0 Å². The van der Waals surface area contributed by atoms with Crippen molar-refractivity contribution in [1.29, 1.82) is 0 Å². The van der Waals surface area contributed by atoms with Gasteiger partial charge in [0, 0.05) is 30.4 Å². The molecule has 0 radical (unpaired) electrons. The minimum absolute atomic E-state index is 0.190. The number of aryl methyl sites for hydroxylation is 1. The van der Waals surface area contributed by atoms with Crippen molar-refractivity contribution in [3.8, 4) is 5.75 Å². The van der Waals surface area contributed by atoms with Gasteiger partial charge in [-0.25, -0.2) is 0 Å². The fourth-order valence-corrected chi connectivity index (χ4v) is 4.99. The molecule has 2 aromatic rings. The van der Waals surface area contributed by atoms with E-state index in [2.05, 4.69) is 0 Å². The third-order valence-electron chi connectivity index (χ3n) is 6.59. The molecule has 8 heteroatoms. The highest BCUT2D eigenvalue weighted by atomic mass is 16.5. The maximum atomic E-state index is 13.9. The molecule has 0 unspecified atom stereocenters. The van der Waals surface area contributed by atoms with Gasteiger partial charge in [-0.15, -0.1) is 0 Å². The Morgan fingerprint density at radius 3 is 2.47 bits per heavy atom. The van der Waals surface area contributed by atoms with Gasteiger partial charge < -0.3 is 24.5 Å². The second-order valence-corrected chi connectivity index (χ2v) is 8.94. The molecule has 2 amide bonds. The largest absolute Gasteiger partial charge is 0.507 e. The molecule has 1 spiro atoms. The van der Waals surface area contributed by atoms with Crippen LogP contribution in [0.15, 0.2) is 48.0 Å². The van der Waals surface area contributed by atoms with Gasteiger partial charge in [-0.2, -0.15) is 0 Å². The average molecular weight is 464 g/mol. The number of hydrogen-bond donors (Lipinski definition) is 1. The van der Waals surface area contributed by atoms with Crippen LogP contribution in [0.4, 0.5) is 5.69 Å². The molecular weight excluding hydrogens is 434 g/mol. The number of hydrogen-bond acceptors (Lipinski definition) is 6. The number of likely N-dealkylation sites (N-methyl/N-ethyl adjacent to an activating group) is 1. The maximum Gasteiger partial charge on any atom is 0.296 e. The second-order valence-electron chi connectivity index (χ2n) is 8.94. The highest BCUT2D eigenvalue weighted by Crippen LogP contribution is 2.53. The van der Waals surface area contributed by atoms with Crippen molar-refractivity contribution in [3.63, 3.8) is 0 Å². The lowest BCUT2D eigenvalue weighted by Gasteiger charge is -2.34. The van der Waals surface area contributed by atoms with Crippen LogP contribution >= 0.6 is 0 Å². The Labute approximate surface area is 199 Å². The van der Waals surface area contributed by atoms with E-state index in [1.807, 2.05) is 25.9 Å². The Balaban J connectivity index is 1.98. The van der Waals surface area contributed by atoms with Crippen LogP contribution in [0.3, 0.4) is 0 Å². The Morgan fingerprint density at radius 1 is 1.12 bits per heavy atom. The van der Waals surface area contributed by atoms with Gasteiger partial charge in [0.15, 0.2) is 5.54 Å². The zero-order valence-electron chi connectivity index (χ0n) is 20.1. The first-order valence-corrected chi connectivity index (χ1v) is 11.1. The number of aliphatic hydroxyl groups is 1. The highest BCUT2D eigenvalue weighted by molar-refractivity contribution is 6.50. The number of para-hydroxylation sites is 1. The molecule has 8 nitrogen and oxygen atoms in total. The quantitative estimate of drug-likeness (QED) is 0.402. The molecule has 2 aliphatic rings. The van der Waals surface area contributed by atoms with E-state index < -0.39 is 23.1 Å². The first-order chi connectivity index (χ1) is 16.2. The van der Waals surface area contributed by atoms with Crippen molar-refractivity contribution < 1.29 is 24.2 Å². The van der Waals surface area contributed by atoms with Gasteiger partial charge in [0.1, 0.15) is 11.5 Å². The Kier molecular flexibility index (Phi) is 5.95. The van der Waals surface area contributed by atoms with Gasteiger partial charge in [0.2, 0.25) is 0 Å². The minimum atomic E-state index is -1.72. The Morgan fingerprint density at radius 2 is 1.82 bits per heavy atom. The SMILES string of the molecule is COc1ccc(C(O)=C2C(=O)C(=O)N(CCCN(C)C)[C@@]23C(=O)N(C)c2ccccc23)cc1C. The highest BCUT2D eigenvalue weighted by Gasteiger charge is 2.66. The number of carbonyl (C=O) groups excluding carboxylic acids is 3. The number of anilines is 1. The van der Waals surface area contributed by atoms with Gasteiger partial charge >= 0.3 is 0 Å². The summed E-state index contributed by atoms with van der Waals surface area (Å²) in [6.07, 6.45) is 0.558. The number of aliphatic hydroxyl groups excluding tert-OH is 1. The molecule has 2 aliphatic heterocycles. The van der Waals surface area contributed by atoms with Gasteiger partial charge in [0.25, 0.3) is 17.6 Å². The zero-order valence-corrected chi connectivity index (χ0v) is 20.1. The van der Waals surface area contributed by atoms with Crippen molar-refractivity contribution in [3.05, 3.63) is 64.7 Å². The zero-order chi connectivity index (χ0) is 24.8. The van der Waals surface area contributed by atoms with Crippen molar-refractivity contribution in [2.45, 2.75) is 18.9 Å². The number of fused-ring (bicyclic) bond motifs is 2. The summed E-state index contributed by atoms with van der Waals surface area (Å²) in [4.78, 5) is 45.5. The number of likely N-dealkylation sites (tertiary alicyclic amines) is 1. The molecular formula is C26H29N3O5. The Hall–Kier alpha value is -3.65. The standard InChI is InChI=1S/C26H29N3O5/c1-16-15-17(11-12-20(16)34-5)22(30)21-23(31)24(32)29(14-8-13-27(2)3)26(21)18-9-6-7-10-19(18)28(4)25(26)33/h6-7,9-12,15,30H,8,13-14H2,1-5H3/t26-/m1/s1. The molecule has 1 fully saturated rings. The fraction of sp³-hybridized carbons (Fsp3) is 0.346. The lowest BCUT2D eigenvalue weighted by atomic mass is 9.81. The molecule has 34 heavy (non-hydrogen) atoms. The molecule has 1 atom stereocenters. The van der Waals surface area contributed by atoms with E-state index in [9.17, 15) is 19.5 Å². The molecule has 0 saturated carbocycles. The molecule has 4 rings (SSSR count). The number of ketones is 1. The van der Waals surface area contributed by atoms with Crippen LogP contribution in [0.2, 0.25) is 0 Å². The molecule has 178 valence electrons. The van der Waals surface area contributed by atoms with E-state index in [4.69, 9.17) is 4.74 Å². The summed E-state index contributed by atoms with van der Waals surface area (Å²) in [6.45, 7) is 2.67. The third-order valence-corrected chi connectivity index (χ3v) is 6.59. The monoisotopic (exact) mass is 463 g/mol. The summed E-state index contributed by atoms with van der Waals surface area (Å²) in [7, 11) is 7.00. The summed E-state index contributed by atoms with van der Waals surface area (Å²) in [5.74, 6) is -1.85. The topological polar surface area (TPSA) is 90.4 Å². The number of carbonyl (C=O) groups is 3. The molecule has 1 N–H and O–H groups in total. The summed E-state index contributed by atoms with van der Waals surface area (Å²) < 4.78 is 5.30. The van der Waals surface area contributed by atoms with Gasteiger partial charge in [-0.3, -0.25) is 14.4 Å². The van der Waals surface area contributed by atoms with Crippen LogP contribution in [0.1, 0.15) is 23.1 Å². The van der Waals surface area contributed by atoms with E-state index in [1.165, 1.54) is 9.80 Å². The number of ether oxygens (including phenoxy) is 1. The van der Waals surface area contributed by atoms with Gasteiger partial charge in [-0.05, 0) is 63.8 Å². The fourth-order valence-electron chi connectivity index (χ4n) is 4.99. The average Bonchev–Trinajstić information content (AvgIpc) is 3.17. The van der Waals surface area contributed by atoms with Crippen LogP contribution in [0.25, 0.3) is 5.76 Å². The lowest BCUT2D eigenvalue weighted by Crippen LogP contribution is -2.51. The second kappa shape index (κ2) is 8.61. The number of methoxy groups -OCH3 is 1. The molecule has 0 aromatic heterocycles. The lowest BCUT2D eigenvalue weighted by molar-refractivity contribution is -0.143. The molecule has 2 heterocycles. The van der Waals surface area contributed by atoms with Gasteiger partial charge in [0.05, 0.1) is 12.7 Å². The van der Waals surface area contributed by atoms with Crippen LogP contribution < -0.4 is 9.64 Å². The van der Waals surface area contributed by atoms with Crippen molar-refractivity contribution in [1.82, 2.24) is 9.80 Å². The van der Waals surface area contributed by atoms with Crippen LogP contribution in [-0.2, 0) is 19.9 Å². The molecule has 2 aromatic carbocycles. The number of Topliss-reactive ketones (excluding diaryl/α,β-unsaturated/α-hetero) is 1. The van der Waals surface area contributed by atoms with E-state index in [0.717, 1.165) is 5.56 Å². The van der Waals surface area contributed by atoms with Crippen molar-refractivity contribution in [2.24, 2.45) is 0 Å². The summed E-state index contributed by atoms with van der Waals surface area (Å²) in [6, 6.07) is 12.1. The maximum absolute atomic E-state index is 13.9. The van der Waals surface area contributed by atoms with Crippen LogP contribution in [-0.4, -0.2) is 73.8 Å². The number of amides is 2. The minimum Gasteiger partial charge on any atom is -0.507 e. The molecule has 1 saturated heterocycles. The van der Waals surface area contributed by atoms with Gasteiger partial charge in [-0.1, -0.05) is 18.2 Å². The summed E-state index contributed by atoms with van der Waals surface area (Å²) >= 11 is 0. The van der Waals surface area contributed by atoms with Crippen molar-refractivity contribution in [2.75, 3.05) is 46.2 Å². The van der Waals surface area contributed by atoms with Crippen molar-refractivity contribution >= 4 is 29.0 Å². The molecule has 0 aliphatic carbocycles. The number of rotatable bonds is 6. The summed E-state index contributed by atoms with van der Waals surface area (Å²) in [5.41, 5.74) is 0.278. The number of nitrogens with zero attached hydrogens (tertiary/aromatic N) is 3. The van der Waals surface area contributed by atoms with E-state index in [-0.39, 0.29) is 17.9 Å². The normalized spacial score (nSPS) is 21.2.